The summed E-state index contributed by atoms with van der Waals surface area (Å²) in [6.45, 7) is 2.80. The fourth-order valence-corrected chi connectivity index (χ4v) is 3.23. The van der Waals surface area contributed by atoms with Crippen molar-refractivity contribution < 1.29 is 4.42 Å². The van der Waals surface area contributed by atoms with E-state index in [2.05, 4.69) is 18.2 Å². The molecule has 0 saturated carbocycles. The second-order valence-electron chi connectivity index (χ2n) is 6.00. The topological polar surface area (TPSA) is 42.6 Å². The first kappa shape index (κ1) is 13.9. The minimum atomic E-state index is -0.303. The second kappa shape index (κ2) is 5.51. The first-order valence-electron chi connectivity index (χ1n) is 7.86. The van der Waals surface area contributed by atoms with E-state index in [1.54, 1.807) is 6.07 Å². The van der Waals surface area contributed by atoms with Gasteiger partial charge in [0.05, 0.1) is 0 Å². The van der Waals surface area contributed by atoms with Crippen molar-refractivity contribution in [1.82, 2.24) is 0 Å². The van der Waals surface area contributed by atoms with E-state index in [0.29, 0.717) is 12.0 Å². The fraction of sp³-hybridized carbons (Fsp3) is 0.200. The van der Waals surface area contributed by atoms with Crippen LogP contribution in [-0.2, 0) is 12.8 Å². The van der Waals surface area contributed by atoms with Crippen LogP contribution in [0.4, 0.5) is 0 Å². The Bertz CT molecular complexity index is 982. The lowest BCUT2D eigenvalue weighted by Crippen LogP contribution is -2.16. The summed E-state index contributed by atoms with van der Waals surface area (Å²) < 4.78 is 5.35. The zero-order valence-corrected chi connectivity index (χ0v) is 13.0. The summed E-state index contributed by atoms with van der Waals surface area (Å²) in [4.78, 5) is 16.6. The number of hydrogen-bond donors (Lipinski definition) is 0. The highest BCUT2D eigenvalue weighted by atomic mass is 16.4. The van der Waals surface area contributed by atoms with Gasteiger partial charge in [-0.3, -0.25) is 4.99 Å². The summed E-state index contributed by atoms with van der Waals surface area (Å²) in [6, 6.07) is 16.0. The highest BCUT2D eigenvalue weighted by molar-refractivity contribution is 6.05. The van der Waals surface area contributed by atoms with Crippen molar-refractivity contribution in [2.75, 3.05) is 6.54 Å². The Labute approximate surface area is 134 Å². The van der Waals surface area contributed by atoms with Gasteiger partial charge < -0.3 is 4.42 Å². The monoisotopic (exact) mass is 303 g/mol. The highest BCUT2D eigenvalue weighted by Gasteiger charge is 2.16. The van der Waals surface area contributed by atoms with E-state index in [1.807, 2.05) is 31.2 Å². The number of aliphatic imine (C=N–C) groups is 1. The lowest BCUT2D eigenvalue weighted by Gasteiger charge is -2.17. The summed E-state index contributed by atoms with van der Waals surface area (Å²) >= 11 is 0. The van der Waals surface area contributed by atoms with Gasteiger partial charge in [0.1, 0.15) is 5.58 Å². The molecule has 4 rings (SSSR count). The number of benzene rings is 2. The molecular weight excluding hydrogens is 286 g/mol. The van der Waals surface area contributed by atoms with Crippen LogP contribution in [-0.4, -0.2) is 12.3 Å². The number of aryl methyl sites for hydroxylation is 1. The molecule has 0 radical (unpaired) electrons. The SMILES string of the molecule is Cc1ccc2c(CC3=NCCc4ccccc43)cc(=O)oc2c1. The highest BCUT2D eigenvalue weighted by Crippen LogP contribution is 2.23. The Morgan fingerprint density at radius 1 is 1.13 bits per heavy atom. The molecule has 2 aromatic carbocycles. The van der Waals surface area contributed by atoms with Crippen molar-refractivity contribution in [3.63, 3.8) is 0 Å². The van der Waals surface area contributed by atoms with Gasteiger partial charge in [-0.05, 0) is 41.7 Å². The van der Waals surface area contributed by atoms with Crippen molar-refractivity contribution in [3.8, 4) is 0 Å². The van der Waals surface area contributed by atoms with Crippen LogP contribution in [0.1, 0.15) is 22.3 Å². The van der Waals surface area contributed by atoms with Crippen LogP contribution in [0.5, 0.6) is 0 Å². The van der Waals surface area contributed by atoms with E-state index >= 15 is 0 Å². The first-order valence-corrected chi connectivity index (χ1v) is 7.86. The molecule has 2 heterocycles. The van der Waals surface area contributed by atoms with E-state index in [4.69, 9.17) is 9.41 Å². The third-order valence-electron chi connectivity index (χ3n) is 4.36. The number of nitrogens with zero attached hydrogens (tertiary/aromatic N) is 1. The second-order valence-corrected chi connectivity index (χ2v) is 6.00. The largest absolute Gasteiger partial charge is 0.423 e. The number of rotatable bonds is 2. The molecule has 0 aliphatic carbocycles. The molecule has 1 aromatic heterocycles. The third-order valence-corrected chi connectivity index (χ3v) is 4.36. The summed E-state index contributed by atoms with van der Waals surface area (Å²) in [5, 5.41) is 0.987. The molecule has 0 N–H and O–H groups in total. The van der Waals surface area contributed by atoms with E-state index in [1.165, 1.54) is 11.1 Å². The van der Waals surface area contributed by atoms with Gasteiger partial charge in [0.2, 0.25) is 0 Å². The lowest BCUT2D eigenvalue weighted by molar-refractivity contribution is 0.559. The van der Waals surface area contributed by atoms with E-state index in [-0.39, 0.29) is 5.63 Å². The molecule has 0 spiro atoms. The van der Waals surface area contributed by atoms with Crippen molar-refractivity contribution in [2.45, 2.75) is 19.8 Å². The molecule has 0 bridgehead atoms. The van der Waals surface area contributed by atoms with E-state index in [0.717, 1.165) is 35.2 Å². The Morgan fingerprint density at radius 2 is 2.00 bits per heavy atom. The zero-order valence-electron chi connectivity index (χ0n) is 13.0. The molecule has 0 fully saturated rings. The predicted molar refractivity (Wildman–Crippen MR) is 92.5 cm³/mol. The molecular formula is C20H17NO2. The van der Waals surface area contributed by atoms with Gasteiger partial charge in [0.15, 0.2) is 0 Å². The molecule has 0 amide bonds. The van der Waals surface area contributed by atoms with Gasteiger partial charge >= 0.3 is 5.63 Å². The normalized spacial score (nSPS) is 13.7. The smallest absolute Gasteiger partial charge is 0.336 e. The Hall–Kier alpha value is -2.68. The van der Waals surface area contributed by atoms with Crippen molar-refractivity contribution >= 4 is 16.7 Å². The number of fused-ring (bicyclic) bond motifs is 2. The maximum absolute atomic E-state index is 11.9. The average molecular weight is 303 g/mol. The van der Waals surface area contributed by atoms with Crippen LogP contribution in [0.2, 0.25) is 0 Å². The van der Waals surface area contributed by atoms with Crippen molar-refractivity contribution in [3.05, 3.63) is 81.2 Å². The Morgan fingerprint density at radius 3 is 2.91 bits per heavy atom. The predicted octanol–water partition coefficient (Wildman–Crippen LogP) is 3.69. The van der Waals surface area contributed by atoms with Crippen molar-refractivity contribution in [2.24, 2.45) is 4.99 Å². The van der Waals surface area contributed by atoms with Gasteiger partial charge in [0, 0.05) is 30.1 Å². The summed E-state index contributed by atoms with van der Waals surface area (Å²) in [5.41, 5.74) is 6.00. The van der Waals surface area contributed by atoms with Crippen LogP contribution in [0.15, 0.2) is 62.7 Å². The molecule has 23 heavy (non-hydrogen) atoms. The third kappa shape index (κ3) is 2.59. The molecule has 0 atom stereocenters. The number of hydrogen-bond acceptors (Lipinski definition) is 3. The Kier molecular flexibility index (Phi) is 3.34. The van der Waals surface area contributed by atoms with E-state index < -0.39 is 0 Å². The average Bonchev–Trinajstić information content (AvgIpc) is 2.54. The Balaban J connectivity index is 1.82. The fourth-order valence-electron chi connectivity index (χ4n) is 3.23. The van der Waals surface area contributed by atoms with Gasteiger partial charge in [-0.2, -0.15) is 0 Å². The molecule has 3 heteroatoms. The lowest BCUT2D eigenvalue weighted by atomic mass is 9.93. The van der Waals surface area contributed by atoms with E-state index in [9.17, 15) is 4.79 Å². The summed E-state index contributed by atoms with van der Waals surface area (Å²) in [6.07, 6.45) is 1.64. The van der Waals surface area contributed by atoms with Crippen LogP contribution >= 0.6 is 0 Å². The molecule has 1 aliphatic heterocycles. The van der Waals surface area contributed by atoms with Gasteiger partial charge in [-0.25, -0.2) is 4.79 Å². The zero-order chi connectivity index (χ0) is 15.8. The standard InChI is InChI=1S/C20H17NO2/c1-13-6-7-17-15(12-20(22)23-19(17)10-13)11-18-16-5-3-2-4-14(16)8-9-21-18/h2-7,10,12H,8-9,11H2,1H3. The van der Waals surface area contributed by atoms with Crippen LogP contribution < -0.4 is 5.63 Å². The molecule has 114 valence electrons. The molecule has 0 unspecified atom stereocenters. The maximum Gasteiger partial charge on any atom is 0.336 e. The molecule has 3 nitrogen and oxygen atoms in total. The minimum absolute atomic E-state index is 0.303. The maximum atomic E-state index is 11.9. The summed E-state index contributed by atoms with van der Waals surface area (Å²) in [7, 11) is 0. The molecule has 1 aliphatic rings. The summed E-state index contributed by atoms with van der Waals surface area (Å²) in [5.74, 6) is 0. The van der Waals surface area contributed by atoms with Gasteiger partial charge in [-0.1, -0.05) is 36.4 Å². The van der Waals surface area contributed by atoms with Crippen molar-refractivity contribution in [1.29, 1.82) is 0 Å². The van der Waals surface area contributed by atoms with Gasteiger partial charge in [0.25, 0.3) is 0 Å². The van der Waals surface area contributed by atoms with Gasteiger partial charge in [-0.15, -0.1) is 0 Å². The quantitative estimate of drug-likeness (QED) is 0.678. The molecule has 0 saturated heterocycles. The van der Waals surface area contributed by atoms with Crippen LogP contribution in [0.25, 0.3) is 11.0 Å². The first-order chi connectivity index (χ1) is 11.2. The van der Waals surface area contributed by atoms with Crippen LogP contribution in [0.3, 0.4) is 0 Å². The molecule has 3 aromatic rings. The minimum Gasteiger partial charge on any atom is -0.423 e. The van der Waals surface area contributed by atoms with Crippen LogP contribution in [0, 0.1) is 6.92 Å².